The summed E-state index contributed by atoms with van der Waals surface area (Å²) in [6, 6.07) is 23.0. The van der Waals surface area contributed by atoms with Crippen molar-refractivity contribution < 1.29 is 4.39 Å². The maximum Gasteiger partial charge on any atom is 0.123 e. The lowest BCUT2D eigenvalue weighted by atomic mass is 10.1. The number of rotatable bonds is 6. The Morgan fingerprint density at radius 1 is 0.667 bits per heavy atom. The molecule has 0 fully saturated rings. The van der Waals surface area contributed by atoms with E-state index in [1.54, 1.807) is 30.4 Å². The normalized spacial score (nSPS) is 9.18. The molecule has 3 aromatic rings. The lowest BCUT2D eigenvalue weighted by Crippen LogP contribution is -1.78. The fourth-order valence-corrected chi connectivity index (χ4v) is 2.72. The van der Waals surface area contributed by atoms with Gasteiger partial charge in [0.25, 0.3) is 0 Å². The molecule has 0 N–H and O–H groups in total. The smallest absolute Gasteiger partial charge is 0.123 e. The summed E-state index contributed by atoms with van der Waals surface area (Å²) in [5, 5.41) is 0.564. The van der Waals surface area contributed by atoms with Crippen LogP contribution in [0, 0.1) is 0 Å². The van der Waals surface area contributed by atoms with Crippen molar-refractivity contribution in [1.29, 1.82) is 0 Å². The van der Waals surface area contributed by atoms with Crippen LogP contribution < -0.4 is 0 Å². The van der Waals surface area contributed by atoms with Crippen molar-refractivity contribution in [3.8, 4) is 0 Å². The molecule has 0 saturated carbocycles. The van der Waals surface area contributed by atoms with Crippen LogP contribution in [0.2, 0.25) is 0 Å². The Morgan fingerprint density at radius 3 is 1.39 bits per heavy atom. The Bertz CT molecular complexity index is 1000. The molecule has 0 bridgehead atoms. The van der Waals surface area contributed by atoms with Crippen molar-refractivity contribution in [3.63, 3.8) is 0 Å². The van der Waals surface area contributed by atoms with Crippen LogP contribution in [0.4, 0.5) is 4.39 Å². The first-order valence-electron chi connectivity index (χ1n) is 10.2. The van der Waals surface area contributed by atoms with E-state index in [-0.39, 0.29) is 0 Å². The predicted octanol–water partition coefficient (Wildman–Crippen LogP) is 10.2. The Labute approximate surface area is 203 Å². The zero-order chi connectivity index (χ0) is 24.8. The van der Waals surface area contributed by atoms with E-state index in [0.717, 1.165) is 27.8 Å². The molecule has 0 radical (unpaired) electrons. The second kappa shape index (κ2) is 14.4. The van der Waals surface area contributed by atoms with Gasteiger partial charge >= 0.3 is 0 Å². The molecular formula is C31H30ClF. The molecule has 0 nitrogen and oxygen atoms in total. The van der Waals surface area contributed by atoms with E-state index < -0.39 is 5.83 Å². The van der Waals surface area contributed by atoms with Gasteiger partial charge in [-0.25, -0.2) is 4.39 Å². The zero-order valence-corrected chi connectivity index (χ0v) is 19.9. The summed E-state index contributed by atoms with van der Waals surface area (Å²) in [4.78, 5) is 0. The van der Waals surface area contributed by atoms with E-state index in [1.165, 1.54) is 5.56 Å². The Balaban J connectivity index is 0.000000247. The van der Waals surface area contributed by atoms with Crippen LogP contribution in [0.3, 0.4) is 0 Å². The molecule has 0 aliphatic carbocycles. The van der Waals surface area contributed by atoms with Gasteiger partial charge in [-0.15, -0.1) is 0 Å². The molecule has 168 valence electrons. The third-order valence-electron chi connectivity index (χ3n) is 4.49. The summed E-state index contributed by atoms with van der Waals surface area (Å²) in [5.74, 6) is -0.409. The van der Waals surface area contributed by atoms with Crippen LogP contribution in [0.15, 0.2) is 112 Å². The fraction of sp³-hybridized carbons (Fsp3) is 0.0323. The number of halogens is 2. The van der Waals surface area contributed by atoms with Gasteiger partial charge < -0.3 is 0 Å². The van der Waals surface area contributed by atoms with Crippen LogP contribution >= 0.6 is 11.6 Å². The quantitative estimate of drug-likeness (QED) is 0.346. The van der Waals surface area contributed by atoms with Gasteiger partial charge in [-0.05, 0) is 52.9 Å². The summed E-state index contributed by atoms with van der Waals surface area (Å²) < 4.78 is 12.5. The van der Waals surface area contributed by atoms with Crippen LogP contribution in [-0.2, 0) is 0 Å². The number of benzene rings is 3. The molecule has 0 aliphatic rings. The highest BCUT2D eigenvalue weighted by Crippen LogP contribution is 2.18. The van der Waals surface area contributed by atoms with Gasteiger partial charge in [-0.2, -0.15) is 0 Å². The molecule has 0 amide bonds. The van der Waals surface area contributed by atoms with Crippen LogP contribution in [0.25, 0.3) is 34.7 Å². The summed E-state index contributed by atoms with van der Waals surface area (Å²) in [6.45, 7) is 23.6. The van der Waals surface area contributed by atoms with Gasteiger partial charge in [0.1, 0.15) is 5.83 Å². The van der Waals surface area contributed by atoms with Crippen molar-refractivity contribution in [2.45, 2.75) is 6.92 Å². The average molecular weight is 457 g/mol. The fourth-order valence-electron chi connectivity index (χ4n) is 2.60. The second-order valence-corrected chi connectivity index (χ2v) is 7.54. The maximum absolute atomic E-state index is 12.5. The Morgan fingerprint density at radius 2 is 1.03 bits per heavy atom. The van der Waals surface area contributed by atoms with Crippen LogP contribution in [-0.4, -0.2) is 0 Å². The molecule has 33 heavy (non-hydrogen) atoms. The number of hydrogen-bond donors (Lipinski definition) is 0. The molecule has 2 heteroatoms. The third kappa shape index (κ3) is 9.99. The minimum atomic E-state index is -0.409. The largest absolute Gasteiger partial charge is 0.207 e. The van der Waals surface area contributed by atoms with E-state index in [9.17, 15) is 4.39 Å². The van der Waals surface area contributed by atoms with Crippen LogP contribution in [0.1, 0.15) is 40.3 Å². The van der Waals surface area contributed by atoms with E-state index in [2.05, 4.69) is 51.6 Å². The topological polar surface area (TPSA) is 0 Å². The SMILES string of the molecule is C=Cc1cccc(C(=C)C)c1.C=Cc1cccc(C(=C)Cl)c1.C=Cc1cccc(C(=C)F)c1. The number of allylic oxidation sites excluding steroid dienone is 1. The first kappa shape index (κ1) is 27.4. The third-order valence-corrected chi connectivity index (χ3v) is 4.70. The van der Waals surface area contributed by atoms with E-state index in [1.807, 2.05) is 55.5 Å². The van der Waals surface area contributed by atoms with Crippen molar-refractivity contribution in [2.24, 2.45) is 0 Å². The second-order valence-electron chi connectivity index (χ2n) is 7.08. The van der Waals surface area contributed by atoms with Gasteiger partial charge in [-0.3, -0.25) is 0 Å². The van der Waals surface area contributed by atoms with E-state index in [0.29, 0.717) is 10.6 Å². The lowest BCUT2D eigenvalue weighted by molar-refractivity contribution is 0.763. The van der Waals surface area contributed by atoms with Crippen LogP contribution in [0.5, 0.6) is 0 Å². The molecule has 0 unspecified atom stereocenters. The molecule has 0 heterocycles. The summed E-state index contributed by atoms with van der Waals surface area (Å²) in [7, 11) is 0. The summed E-state index contributed by atoms with van der Waals surface area (Å²) >= 11 is 5.70. The summed E-state index contributed by atoms with van der Waals surface area (Å²) in [5.41, 5.74) is 6.85. The average Bonchev–Trinajstić information content (AvgIpc) is 2.84. The van der Waals surface area contributed by atoms with Gasteiger partial charge in [-0.1, -0.05) is 129 Å². The van der Waals surface area contributed by atoms with Gasteiger partial charge in [0, 0.05) is 10.6 Å². The molecule has 0 saturated heterocycles. The van der Waals surface area contributed by atoms with Crippen molar-refractivity contribution in [1.82, 2.24) is 0 Å². The van der Waals surface area contributed by atoms with Gasteiger partial charge in [0.2, 0.25) is 0 Å². The van der Waals surface area contributed by atoms with Crippen molar-refractivity contribution in [3.05, 3.63) is 146 Å². The minimum absolute atomic E-state index is 0.409. The molecule has 0 spiro atoms. The van der Waals surface area contributed by atoms with E-state index >= 15 is 0 Å². The monoisotopic (exact) mass is 456 g/mol. The molecule has 0 aromatic heterocycles. The van der Waals surface area contributed by atoms with Gasteiger partial charge in [0.15, 0.2) is 0 Å². The molecule has 3 rings (SSSR count). The molecule has 0 atom stereocenters. The molecule has 0 aliphatic heterocycles. The standard InChI is InChI=1S/C11H12.C10H9Cl.C10H9F/c1-4-10-6-5-7-11(8-10)9(2)3;2*1-3-9-5-4-6-10(7-9)8(2)11/h4-8H,1-2H2,3H3;2*3-7H,1-2H2. The van der Waals surface area contributed by atoms with Gasteiger partial charge in [0.05, 0.1) is 0 Å². The zero-order valence-electron chi connectivity index (χ0n) is 19.2. The molecule has 3 aromatic carbocycles. The highest BCUT2D eigenvalue weighted by atomic mass is 35.5. The van der Waals surface area contributed by atoms with Crippen molar-refractivity contribution >= 4 is 46.3 Å². The lowest BCUT2D eigenvalue weighted by Gasteiger charge is -1.99. The first-order valence-corrected chi connectivity index (χ1v) is 10.6. The highest BCUT2D eigenvalue weighted by molar-refractivity contribution is 6.48. The number of hydrogen-bond acceptors (Lipinski definition) is 0. The molecular weight excluding hydrogens is 427 g/mol. The summed E-state index contributed by atoms with van der Waals surface area (Å²) in [6.07, 6.45) is 5.29. The maximum atomic E-state index is 12.5. The first-order chi connectivity index (χ1) is 15.7. The van der Waals surface area contributed by atoms with E-state index in [4.69, 9.17) is 11.6 Å². The predicted molar refractivity (Wildman–Crippen MR) is 149 cm³/mol. The highest BCUT2D eigenvalue weighted by Gasteiger charge is 1.96. The Hall–Kier alpha value is -3.68. The Kier molecular flexibility index (Phi) is 11.9. The minimum Gasteiger partial charge on any atom is -0.207 e. The van der Waals surface area contributed by atoms with Crippen molar-refractivity contribution in [2.75, 3.05) is 0 Å².